The Labute approximate surface area is 145 Å². The fourth-order valence-electron chi connectivity index (χ4n) is 2.13. The van der Waals surface area contributed by atoms with E-state index in [1.54, 1.807) is 25.3 Å². The van der Waals surface area contributed by atoms with Gasteiger partial charge < -0.3 is 14.8 Å². The lowest BCUT2D eigenvalue weighted by Crippen LogP contribution is -2.26. The number of unbranched alkanes of at least 4 members (excludes halogenated alkanes) is 3. The quantitative estimate of drug-likeness (QED) is 0.466. The molecule has 0 aliphatic rings. The Kier molecular flexibility index (Phi) is 10.3. The van der Waals surface area contributed by atoms with Gasteiger partial charge in [0.15, 0.2) is 11.5 Å². The Balaban J connectivity index is 2.60. The van der Waals surface area contributed by atoms with Gasteiger partial charge in [-0.15, -0.1) is 0 Å². The maximum absolute atomic E-state index is 12.4. The number of para-hydroxylation sites is 1. The van der Waals surface area contributed by atoms with Crippen LogP contribution >= 0.6 is 0 Å². The molecule has 0 saturated heterocycles. The van der Waals surface area contributed by atoms with Gasteiger partial charge in [0.25, 0.3) is 5.91 Å². The fraction of sp³-hybridized carbons (Fsp3) is 0.579. The Morgan fingerprint density at radius 3 is 2.75 bits per heavy atom. The Morgan fingerprint density at radius 1 is 1.25 bits per heavy atom. The smallest absolute Gasteiger partial charge is 0.255 e. The van der Waals surface area contributed by atoms with Crippen LogP contribution in [0.15, 0.2) is 23.2 Å². The van der Waals surface area contributed by atoms with E-state index in [9.17, 15) is 4.79 Å². The van der Waals surface area contributed by atoms with Crippen molar-refractivity contribution < 1.29 is 14.3 Å². The van der Waals surface area contributed by atoms with Crippen molar-refractivity contribution in [2.75, 3.05) is 26.8 Å². The Bertz CT molecular complexity index is 515. The van der Waals surface area contributed by atoms with Crippen LogP contribution in [-0.4, -0.2) is 38.9 Å². The predicted octanol–water partition coefficient (Wildman–Crippen LogP) is 3.86. The van der Waals surface area contributed by atoms with Gasteiger partial charge in [0.05, 0.1) is 25.8 Å². The molecule has 0 bridgehead atoms. The summed E-state index contributed by atoms with van der Waals surface area (Å²) in [7, 11) is 1.58. The van der Waals surface area contributed by atoms with Gasteiger partial charge >= 0.3 is 0 Å². The lowest BCUT2D eigenvalue weighted by Gasteiger charge is -2.14. The first-order valence-electron chi connectivity index (χ1n) is 8.80. The summed E-state index contributed by atoms with van der Waals surface area (Å²) in [6.07, 6.45) is 7.21. The number of aliphatic imine (C=N–C) groups is 1. The van der Waals surface area contributed by atoms with Crippen molar-refractivity contribution in [1.82, 2.24) is 5.32 Å². The summed E-state index contributed by atoms with van der Waals surface area (Å²) in [5.41, 5.74) is 0.500. The minimum atomic E-state index is -0.163. The number of ether oxygens (including phenoxy) is 2. The van der Waals surface area contributed by atoms with Crippen molar-refractivity contribution in [3.05, 3.63) is 23.8 Å². The zero-order valence-electron chi connectivity index (χ0n) is 15.1. The van der Waals surface area contributed by atoms with Crippen LogP contribution in [0.4, 0.5) is 0 Å². The molecule has 1 aromatic carbocycles. The van der Waals surface area contributed by atoms with E-state index in [0.717, 1.165) is 25.7 Å². The Morgan fingerprint density at radius 2 is 2.04 bits per heavy atom. The minimum absolute atomic E-state index is 0.163. The summed E-state index contributed by atoms with van der Waals surface area (Å²) in [6.45, 7) is 5.92. The van der Waals surface area contributed by atoms with Gasteiger partial charge in [0.1, 0.15) is 0 Å². The molecule has 0 fully saturated rings. The maximum Gasteiger partial charge on any atom is 0.255 e. The molecule has 134 valence electrons. The number of benzene rings is 1. The highest BCUT2D eigenvalue weighted by Gasteiger charge is 2.16. The van der Waals surface area contributed by atoms with Crippen LogP contribution in [0.1, 0.15) is 56.3 Å². The molecular formula is C19H30N2O3. The van der Waals surface area contributed by atoms with Gasteiger partial charge in [-0.25, -0.2) is 0 Å². The molecule has 0 spiro atoms. The number of methoxy groups -OCH3 is 1. The number of carbonyl (C=O) groups is 1. The van der Waals surface area contributed by atoms with Crippen molar-refractivity contribution in [3.63, 3.8) is 0 Å². The highest BCUT2D eigenvalue weighted by atomic mass is 16.5. The summed E-state index contributed by atoms with van der Waals surface area (Å²) < 4.78 is 11.1. The number of hydrogen-bond donors (Lipinski definition) is 1. The molecule has 1 rings (SSSR count). The molecule has 0 saturated carbocycles. The van der Waals surface area contributed by atoms with Crippen molar-refractivity contribution in [2.24, 2.45) is 4.99 Å². The highest BCUT2D eigenvalue weighted by molar-refractivity contribution is 5.97. The molecule has 0 atom stereocenters. The molecule has 1 aromatic rings. The third kappa shape index (κ3) is 7.02. The van der Waals surface area contributed by atoms with Crippen molar-refractivity contribution >= 4 is 12.1 Å². The second-order valence-electron chi connectivity index (χ2n) is 5.53. The molecule has 0 radical (unpaired) electrons. The van der Waals surface area contributed by atoms with Crippen molar-refractivity contribution in [3.8, 4) is 11.5 Å². The molecule has 0 aliphatic heterocycles. The third-order valence-electron chi connectivity index (χ3n) is 3.53. The van der Waals surface area contributed by atoms with E-state index in [2.05, 4.69) is 24.2 Å². The molecule has 0 unspecified atom stereocenters. The number of nitrogens with one attached hydrogen (secondary N) is 1. The summed E-state index contributed by atoms with van der Waals surface area (Å²) in [6, 6.07) is 5.35. The van der Waals surface area contributed by atoms with E-state index in [1.807, 2.05) is 6.21 Å². The SMILES string of the molecule is CCCCC=NCCNC(=O)c1cccc(OC)c1OCCCC. The van der Waals surface area contributed by atoms with E-state index >= 15 is 0 Å². The van der Waals surface area contributed by atoms with E-state index in [1.165, 1.54) is 6.42 Å². The molecular weight excluding hydrogens is 304 g/mol. The predicted molar refractivity (Wildman–Crippen MR) is 98.6 cm³/mol. The first-order chi connectivity index (χ1) is 11.7. The molecule has 5 nitrogen and oxygen atoms in total. The van der Waals surface area contributed by atoms with Gasteiger partial charge in [-0.1, -0.05) is 32.8 Å². The van der Waals surface area contributed by atoms with E-state index < -0.39 is 0 Å². The minimum Gasteiger partial charge on any atom is -0.493 e. The lowest BCUT2D eigenvalue weighted by atomic mass is 10.1. The fourth-order valence-corrected chi connectivity index (χ4v) is 2.13. The average Bonchev–Trinajstić information content (AvgIpc) is 2.61. The summed E-state index contributed by atoms with van der Waals surface area (Å²) in [4.78, 5) is 16.7. The van der Waals surface area contributed by atoms with Crippen molar-refractivity contribution in [2.45, 2.75) is 46.0 Å². The van der Waals surface area contributed by atoms with Crippen molar-refractivity contribution in [1.29, 1.82) is 0 Å². The van der Waals surface area contributed by atoms with Gasteiger partial charge in [0, 0.05) is 6.54 Å². The molecule has 1 amide bonds. The van der Waals surface area contributed by atoms with Crippen LogP contribution < -0.4 is 14.8 Å². The topological polar surface area (TPSA) is 59.9 Å². The summed E-state index contributed by atoms with van der Waals surface area (Å²) in [5, 5.41) is 2.88. The highest BCUT2D eigenvalue weighted by Crippen LogP contribution is 2.31. The largest absolute Gasteiger partial charge is 0.493 e. The number of amides is 1. The van der Waals surface area contributed by atoms with Crippen LogP contribution in [-0.2, 0) is 0 Å². The molecule has 0 aliphatic carbocycles. The van der Waals surface area contributed by atoms with Crippen LogP contribution in [0.3, 0.4) is 0 Å². The third-order valence-corrected chi connectivity index (χ3v) is 3.53. The van der Waals surface area contributed by atoms with Gasteiger partial charge in [-0.2, -0.15) is 0 Å². The van der Waals surface area contributed by atoms with Gasteiger partial charge in [0.2, 0.25) is 0 Å². The van der Waals surface area contributed by atoms with E-state index in [4.69, 9.17) is 9.47 Å². The van der Waals surface area contributed by atoms with Crippen LogP contribution in [0.25, 0.3) is 0 Å². The van der Waals surface area contributed by atoms with Crippen LogP contribution in [0.5, 0.6) is 11.5 Å². The normalized spacial score (nSPS) is 10.8. The van der Waals surface area contributed by atoms with E-state index in [0.29, 0.717) is 36.8 Å². The summed E-state index contributed by atoms with van der Waals surface area (Å²) in [5.74, 6) is 0.929. The molecule has 1 N–H and O–H groups in total. The molecule has 5 heteroatoms. The molecule has 24 heavy (non-hydrogen) atoms. The Hall–Kier alpha value is -2.04. The lowest BCUT2D eigenvalue weighted by molar-refractivity contribution is 0.0950. The standard InChI is InChI=1S/C19H30N2O3/c1-4-6-8-12-20-13-14-21-19(22)16-10-9-11-17(23-3)18(16)24-15-7-5-2/h9-12H,4-8,13-15H2,1-3H3,(H,21,22). The van der Waals surface area contributed by atoms with E-state index in [-0.39, 0.29) is 5.91 Å². The average molecular weight is 334 g/mol. The van der Waals surface area contributed by atoms with Gasteiger partial charge in [-0.3, -0.25) is 9.79 Å². The van der Waals surface area contributed by atoms with Crippen LogP contribution in [0.2, 0.25) is 0 Å². The molecule has 0 heterocycles. The summed E-state index contributed by atoms with van der Waals surface area (Å²) >= 11 is 0. The van der Waals surface area contributed by atoms with Gasteiger partial charge in [-0.05, 0) is 37.6 Å². The second-order valence-corrected chi connectivity index (χ2v) is 5.53. The van der Waals surface area contributed by atoms with Crippen LogP contribution in [0, 0.1) is 0 Å². The number of rotatable bonds is 12. The monoisotopic (exact) mass is 334 g/mol. The zero-order chi connectivity index (χ0) is 17.6. The number of carbonyl (C=O) groups excluding carboxylic acids is 1. The molecule has 0 aromatic heterocycles. The first kappa shape index (κ1) is 20.0. The first-order valence-corrected chi connectivity index (χ1v) is 8.80. The number of hydrogen-bond acceptors (Lipinski definition) is 4. The second kappa shape index (κ2) is 12.4. The zero-order valence-corrected chi connectivity index (χ0v) is 15.1. The number of nitrogens with zero attached hydrogens (tertiary/aromatic N) is 1. The maximum atomic E-state index is 12.4.